The first kappa shape index (κ1) is 17.8. The fourth-order valence-electron chi connectivity index (χ4n) is 4.56. The van der Waals surface area contributed by atoms with Crippen LogP contribution in [0.3, 0.4) is 0 Å². The fourth-order valence-corrected chi connectivity index (χ4v) is 4.56. The molecular weight excluding hydrogens is 342 g/mol. The number of amides is 1. The van der Waals surface area contributed by atoms with Crippen LogP contribution in [0.15, 0.2) is 16.9 Å². The van der Waals surface area contributed by atoms with Crippen LogP contribution in [0, 0.1) is 29.1 Å². The lowest BCUT2D eigenvalue weighted by Gasteiger charge is -2.36. The molecule has 0 spiro atoms. The van der Waals surface area contributed by atoms with Crippen molar-refractivity contribution in [2.45, 2.75) is 44.9 Å². The lowest BCUT2D eigenvalue weighted by molar-refractivity contribution is -0.119. The third kappa shape index (κ3) is 3.25. The van der Waals surface area contributed by atoms with Crippen molar-refractivity contribution < 1.29 is 4.79 Å². The van der Waals surface area contributed by atoms with Crippen LogP contribution in [0.5, 0.6) is 0 Å². The number of hydrogen-bond acceptors (Lipinski definition) is 5. The van der Waals surface area contributed by atoms with Crippen LogP contribution in [0.25, 0.3) is 0 Å². The minimum absolute atomic E-state index is 0.106. The van der Waals surface area contributed by atoms with E-state index in [1.165, 1.54) is 0 Å². The molecule has 7 heteroatoms. The Morgan fingerprint density at radius 1 is 1.22 bits per heavy atom. The fraction of sp³-hybridized carbons (Fsp3) is 0.600. The van der Waals surface area contributed by atoms with Crippen LogP contribution < -0.4 is 15.8 Å². The minimum Gasteiger partial charge on any atom is -0.342 e. The first-order valence-corrected chi connectivity index (χ1v) is 9.83. The summed E-state index contributed by atoms with van der Waals surface area (Å²) in [5, 5.41) is 12.3. The number of fused-ring (bicyclic) bond motifs is 1. The Labute approximate surface area is 158 Å². The van der Waals surface area contributed by atoms with Gasteiger partial charge in [0.05, 0.1) is 11.6 Å². The minimum atomic E-state index is -0.849. The molecule has 2 aliphatic heterocycles. The average molecular weight is 367 g/mol. The number of allylic oxidation sites excluding steroid dienone is 2. The highest BCUT2D eigenvalue weighted by atomic mass is 16.2. The quantitative estimate of drug-likeness (QED) is 0.782. The Morgan fingerprint density at radius 2 is 2.00 bits per heavy atom. The van der Waals surface area contributed by atoms with E-state index < -0.39 is 11.8 Å². The summed E-state index contributed by atoms with van der Waals surface area (Å²) in [6.07, 6.45) is 8.87. The molecule has 0 saturated carbocycles. The van der Waals surface area contributed by atoms with E-state index in [4.69, 9.17) is 0 Å². The average Bonchev–Trinajstić information content (AvgIpc) is 2.68. The number of anilines is 2. The van der Waals surface area contributed by atoms with Crippen molar-refractivity contribution in [3.63, 3.8) is 0 Å². The molecule has 1 saturated heterocycles. The van der Waals surface area contributed by atoms with Gasteiger partial charge < -0.3 is 10.2 Å². The van der Waals surface area contributed by atoms with Crippen LogP contribution in [-0.4, -0.2) is 29.0 Å². The van der Waals surface area contributed by atoms with Crippen molar-refractivity contribution in [2.24, 2.45) is 17.8 Å². The molecule has 0 aromatic carbocycles. The molecule has 3 heterocycles. The summed E-state index contributed by atoms with van der Waals surface area (Å²) in [6, 6.07) is 2.12. The van der Waals surface area contributed by atoms with Gasteiger partial charge in [0.1, 0.15) is 11.7 Å². The second-order valence-electron chi connectivity index (χ2n) is 7.99. The zero-order chi connectivity index (χ0) is 19.0. The summed E-state index contributed by atoms with van der Waals surface area (Å²) in [5.74, 6) is 0.0290. The van der Waals surface area contributed by atoms with Crippen molar-refractivity contribution in [2.75, 3.05) is 23.3 Å². The molecular formula is C20H25N5O2. The molecule has 1 amide bonds. The maximum atomic E-state index is 13.0. The number of nitrogens with one attached hydrogen (secondary N) is 2. The van der Waals surface area contributed by atoms with E-state index in [0.717, 1.165) is 45.2 Å². The monoisotopic (exact) mass is 367 g/mol. The smallest absolute Gasteiger partial charge is 0.257 e. The molecule has 1 aromatic heterocycles. The van der Waals surface area contributed by atoms with E-state index in [1.54, 1.807) is 0 Å². The van der Waals surface area contributed by atoms with Gasteiger partial charge in [-0.05, 0) is 43.9 Å². The first-order valence-electron chi connectivity index (χ1n) is 9.83. The summed E-state index contributed by atoms with van der Waals surface area (Å²) >= 11 is 0. The predicted octanol–water partition coefficient (Wildman–Crippen LogP) is 2.54. The Hall–Kier alpha value is -2.62. The van der Waals surface area contributed by atoms with Gasteiger partial charge in [-0.3, -0.25) is 14.6 Å². The van der Waals surface area contributed by atoms with E-state index >= 15 is 0 Å². The van der Waals surface area contributed by atoms with Crippen LogP contribution in [-0.2, 0) is 4.79 Å². The number of nitriles is 1. The lowest BCUT2D eigenvalue weighted by atomic mass is 9.71. The van der Waals surface area contributed by atoms with E-state index in [-0.39, 0.29) is 17.4 Å². The zero-order valence-electron chi connectivity index (χ0n) is 15.6. The highest BCUT2D eigenvalue weighted by molar-refractivity contribution is 5.97. The van der Waals surface area contributed by atoms with E-state index in [9.17, 15) is 14.9 Å². The first-order chi connectivity index (χ1) is 13.1. The van der Waals surface area contributed by atoms with E-state index in [2.05, 4.69) is 45.3 Å². The van der Waals surface area contributed by atoms with Crippen LogP contribution >= 0.6 is 0 Å². The van der Waals surface area contributed by atoms with Crippen molar-refractivity contribution in [3.8, 4) is 6.07 Å². The maximum Gasteiger partial charge on any atom is 0.257 e. The van der Waals surface area contributed by atoms with Gasteiger partial charge in [0.15, 0.2) is 0 Å². The highest BCUT2D eigenvalue weighted by Crippen LogP contribution is 2.43. The molecule has 1 fully saturated rings. The number of nitrogens with zero attached hydrogens (tertiary/aromatic N) is 3. The number of aromatic amines is 1. The third-order valence-corrected chi connectivity index (χ3v) is 6.20. The van der Waals surface area contributed by atoms with Gasteiger partial charge >= 0.3 is 0 Å². The van der Waals surface area contributed by atoms with Gasteiger partial charge in [0.25, 0.3) is 5.56 Å². The number of aromatic nitrogens is 2. The van der Waals surface area contributed by atoms with Crippen LogP contribution in [0.2, 0.25) is 0 Å². The van der Waals surface area contributed by atoms with E-state index in [1.807, 2.05) is 0 Å². The number of rotatable bonds is 2. The molecule has 142 valence electrons. The van der Waals surface area contributed by atoms with Gasteiger partial charge in [-0.2, -0.15) is 10.2 Å². The molecule has 3 unspecified atom stereocenters. The highest BCUT2D eigenvalue weighted by Gasteiger charge is 2.43. The Bertz CT molecular complexity index is 860. The topological polar surface area (TPSA) is 102 Å². The molecule has 0 radical (unpaired) electrons. The van der Waals surface area contributed by atoms with E-state index in [0.29, 0.717) is 23.2 Å². The summed E-state index contributed by atoms with van der Waals surface area (Å²) in [6.45, 7) is 3.91. The predicted molar refractivity (Wildman–Crippen MR) is 102 cm³/mol. The van der Waals surface area contributed by atoms with Crippen LogP contribution in [0.4, 0.5) is 11.8 Å². The molecule has 27 heavy (non-hydrogen) atoms. The number of carbonyl (C=O) groups excluding carboxylic acids is 1. The SMILES string of the molecule is CC1CCN(c2nc3c(c(=O)[nH]2)C(C2CC=CCC2)C(C#N)C(=O)N3)CC1. The normalized spacial score (nSPS) is 28.4. The van der Waals surface area contributed by atoms with Crippen molar-refractivity contribution >= 4 is 17.7 Å². The van der Waals surface area contributed by atoms with Crippen LogP contribution in [0.1, 0.15) is 50.5 Å². The summed E-state index contributed by atoms with van der Waals surface area (Å²) in [5.41, 5.74) is 0.240. The van der Waals surface area contributed by atoms with Gasteiger partial charge in [0.2, 0.25) is 11.9 Å². The van der Waals surface area contributed by atoms with Crippen molar-refractivity contribution in [1.82, 2.24) is 9.97 Å². The summed E-state index contributed by atoms with van der Waals surface area (Å²) in [7, 11) is 0. The van der Waals surface area contributed by atoms with Crippen molar-refractivity contribution in [1.29, 1.82) is 5.26 Å². The Morgan fingerprint density at radius 3 is 2.67 bits per heavy atom. The molecule has 0 bridgehead atoms. The van der Waals surface area contributed by atoms with Gasteiger partial charge in [-0.15, -0.1) is 0 Å². The summed E-state index contributed by atoms with van der Waals surface area (Å²) < 4.78 is 0. The molecule has 1 aliphatic carbocycles. The Kier molecular flexibility index (Phi) is 4.73. The largest absolute Gasteiger partial charge is 0.342 e. The molecule has 1 aromatic rings. The van der Waals surface area contributed by atoms with Gasteiger partial charge in [0, 0.05) is 19.0 Å². The van der Waals surface area contributed by atoms with Gasteiger partial charge in [-0.1, -0.05) is 19.1 Å². The number of carbonyl (C=O) groups is 1. The molecule has 3 aliphatic rings. The number of H-pyrrole nitrogens is 1. The molecule has 4 rings (SSSR count). The second kappa shape index (κ2) is 7.18. The Balaban J connectivity index is 1.74. The maximum absolute atomic E-state index is 13.0. The van der Waals surface area contributed by atoms with Crippen molar-refractivity contribution in [3.05, 3.63) is 28.1 Å². The second-order valence-corrected chi connectivity index (χ2v) is 7.99. The third-order valence-electron chi connectivity index (χ3n) is 6.20. The standard InChI is InChI=1S/C20H25N5O2/c1-12-7-9-25(10-8-12)20-23-17-16(19(27)24-20)15(13-5-3-2-4-6-13)14(11-21)18(26)22-17/h2-3,12-15H,4-10H2,1H3,(H2,22,23,24,26,27). The number of hydrogen-bond donors (Lipinski definition) is 2. The zero-order valence-corrected chi connectivity index (χ0v) is 15.6. The van der Waals surface area contributed by atoms with Gasteiger partial charge in [-0.25, -0.2) is 0 Å². The lowest BCUT2D eigenvalue weighted by Crippen LogP contribution is -2.42. The molecule has 2 N–H and O–H groups in total. The summed E-state index contributed by atoms with van der Waals surface area (Å²) in [4.78, 5) is 35.2. The molecule has 7 nitrogen and oxygen atoms in total. The number of piperidine rings is 1. The molecule has 3 atom stereocenters.